The van der Waals surface area contributed by atoms with Gasteiger partial charge in [-0.25, -0.2) is 0 Å². The first-order chi connectivity index (χ1) is 7.61. The Hall–Kier alpha value is -1.00. The lowest BCUT2D eigenvalue weighted by atomic mass is 10.0. The van der Waals surface area contributed by atoms with Gasteiger partial charge in [-0.15, -0.1) is 0 Å². The predicted molar refractivity (Wildman–Crippen MR) is 76.1 cm³/mol. The summed E-state index contributed by atoms with van der Waals surface area (Å²) < 4.78 is 1.76. The molecule has 0 radical (unpaired) electrons. The molecular weight excluding hydrogens is 332 g/mol. The first-order valence-electron chi connectivity index (χ1n) is 4.69. The largest absolute Gasteiger partial charge is 0.397 e. The van der Waals surface area contributed by atoms with Crippen molar-refractivity contribution in [3.63, 3.8) is 0 Å². The lowest BCUT2D eigenvalue weighted by molar-refractivity contribution is 1.56. The van der Waals surface area contributed by atoms with Crippen molar-refractivity contribution in [2.75, 3.05) is 11.5 Å². The maximum absolute atomic E-state index is 6.02. The molecule has 4 N–H and O–H groups in total. The molecule has 4 heteroatoms. The fraction of sp³-hybridized carbons (Fsp3) is 0. The smallest absolute Gasteiger partial charge is 0.0538 e. The van der Waals surface area contributed by atoms with Crippen molar-refractivity contribution in [2.24, 2.45) is 0 Å². The lowest BCUT2D eigenvalue weighted by Gasteiger charge is -2.11. The highest BCUT2D eigenvalue weighted by Crippen LogP contribution is 2.37. The van der Waals surface area contributed by atoms with Crippen molar-refractivity contribution in [3.8, 4) is 11.1 Å². The first kappa shape index (κ1) is 11.5. The van der Waals surface area contributed by atoms with Crippen LogP contribution in [0.25, 0.3) is 11.1 Å². The molecular formula is C12H10Br2N2. The lowest BCUT2D eigenvalue weighted by Crippen LogP contribution is -1.95. The molecule has 0 saturated heterocycles. The average molecular weight is 342 g/mol. The van der Waals surface area contributed by atoms with Crippen LogP contribution in [0.3, 0.4) is 0 Å². The minimum Gasteiger partial charge on any atom is -0.397 e. The highest BCUT2D eigenvalue weighted by Gasteiger charge is 2.09. The van der Waals surface area contributed by atoms with Crippen molar-refractivity contribution >= 4 is 43.2 Å². The van der Waals surface area contributed by atoms with Gasteiger partial charge < -0.3 is 11.5 Å². The van der Waals surface area contributed by atoms with E-state index in [0.717, 1.165) is 20.1 Å². The normalized spacial score (nSPS) is 10.4. The van der Waals surface area contributed by atoms with Gasteiger partial charge in [-0.3, -0.25) is 0 Å². The Morgan fingerprint density at radius 1 is 0.688 bits per heavy atom. The fourth-order valence-electron chi connectivity index (χ4n) is 1.54. The minimum absolute atomic E-state index is 0.701. The van der Waals surface area contributed by atoms with Crippen LogP contribution >= 0.6 is 31.9 Å². The van der Waals surface area contributed by atoms with Crippen molar-refractivity contribution < 1.29 is 0 Å². The van der Waals surface area contributed by atoms with Crippen molar-refractivity contribution in [1.82, 2.24) is 0 Å². The summed E-state index contributed by atoms with van der Waals surface area (Å²) in [5, 5.41) is 0. The number of nitrogen functional groups attached to an aromatic ring is 2. The second kappa shape index (κ2) is 4.47. The quantitative estimate of drug-likeness (QED) is 0.769. The SMILES string of the molecule is Nc1c(Br)cccc1-c1cccc(Br)c1N. The monoisotopic (exact) mass is 340 g/mol. The van der Waals surface area contributed by atoms with E-state index in [1.807, 2.05) is 36.4 Å². The predicted octanol–water partition coefficient (Wildman–Crippen LogP) is 4.04. The topological polar surface area (TPSA) is 52.0 Å². The molecule has 0 saturated carbocycles. The van der Waals surface area contributed by atoms with E-state index in [0.29, 0.717) is 11.4 Å². The zero-order valence-corrected chi connectivity index (χ0v) is 11.5. The Kier molecular flexibility index (Phi) is 3.21. The fourth-order valence-corrected chi connectivity index (χ4v) is 2.28. The molecule has 2 aromatic carbocycles. The van der Waals surface area contributed by atoms with E-state index in [4.69, 9.17) is 11.5 Å². The number of para-hydroxylation sites is 2. The number of hydrogen-bond donors (Lipinski definition) is 2. The van der Waals surface area contributed by atoms with E-state index in [9.17, 15) is 0 Å². The van der Waals surface area contributed by atoms with E-state index >= 15 is 0 Å². The molecule has 2 aromatic rings. The molecule has 0 aliphatic carbocycles. The maximum atomic E-state index is 6.02. The van der Waals surface area contributed by atoms with Gasteiger partial charge in [0.1, 0.15) is 0 Å². The van der Waals surface area contributed by atoms with E-state index in [1.165, 1.54) is 0 Å². The standard InChI is InChI=1S/C12H10Br2N2/c13-9-5-1-3-7(11(9)15)8-4-2-6-10(14)12(8)16/h1-6H,15-16H2. The zero-order valence-electron chi connectivity index (χ0n) is 8.37. The number of rotatable bonds is 1. The summed E-state index contributed by atoms with van der Waals surface area (Å²) in [5.74, 6) is 0. The van der Waals surface area contributed by atoms with Gasteiger partial charge in [-0.2, -0.15) is 0 Å². The van der Waals surface area contributed by atoms with Gasteiger partial charge in [0.2, 0.25) is 0 Å². The third-order valence-corrected chi connectivity index (χ3v) is 3.78. The summed E-state index contributed by atoms with van der Waals surface area (Å²) >= 11 is 6.82. The Morgan fingerprint density at radius 3 is 1.44 bits per heavy atom. The molecule has 2 nitrogen and oxygen atoms in total. The van der Waals surface area contributed by atoms with Crippen LogP contribution in [-0.2, 0) is 0 Å². The third-order valence-electron chi connectivity index (χ3n) is 2.40. The Bertz CT molecular complexity index is 489. The molecule has 0 atom stereocenters. The molecule has 82 valence electrons. The van der Waals surface area contributed by atoms with Gasteiger partial charge in [0, 0.05) is 20.1 Å². The molecule has 0 heterocycles. The van der Waals surface area contributed by atoms with Crippen LogP contribution in [0.15, 0.2) is 45.3 Å². The van der Waals surface area contributed by atoms with E-state index < -0.39 is 0 Å². The molecule has 0 aliphatic rings. The number of nitrogens with two attached hydrogens (primary N) is 2. The Morgan fingerprint density at radius 2 is 1.06 bits per heavy atom. The summed E-state index contributed by atoms with van der Waals surface area (Å²) in [4.78, 5) is 0. The van der Waals surface area contributed by atoms with Crippen LogP contribution in [0.4, 0.5) is 11.4 Å². The van der Waals surface area contributed by atoms with Crippen LogP contribution in [0.2, 0.25) is 0 Å². The summed E-state index contributed by atoms with van der Waals surface area (Å²) in [6.45, 7) is 0. The highest BCUT2D eigenvalue weighted by atomic mass is 79.9. The summed E-state index contributed by atoms with van der Waals surface area (Å²) in [5.41, 5.74) is 15.3. The van der Waals surface area contributed by atoms with E-state index in [1.54, 1.807) is 0 Å². The number of benzene rings is 2. The van der Waals surface area contributed by atoms with Gasteiger partial charge in [-0.05, 0) is 44.0 Å². The number of hydrogen-bond acceptors (Lipinski definition) is 2. The van der Waals surface area contributed by atoms with Crippen molar-refractivity contribution in [1.29, 1.82) is 0 Å². The summed E-state index contributed by atoms with van der Waals surface area (Å²) in [6, 6.07) is 11.6. The van der Waals surface area contributed by atoms with Gasteiger partial charge in [-0.1, -0.05) is 24.3 Å². The van der Waals surface area contributed by atoms with Crippen LogP contribution in [0.5, 0.6) is 0 Å². The van der Waals surface area contributed by atoms with Crippen LogP contribution in [0.1, 0.15) is 0 Å². The zero-order chi connectivity index (χ0) is 11.7. The molecule has 0 aromatic heterocycles. The van der Waals surface area contributed by atoms with Crippen molar-refractivity contribution in [3.05, 3.63) is 45.3 Å². The molecule has 0 bridgehead atoms. The average Bonchev–Trinajstić information content (AvgIpc) is 2.27. The summed E-state index contributed by atoms with van der Waals surface area (Å²) in [7, 11) is 0. The van der Waals surface area contributed by atoms with E-state index in [2.05, 4.69) is 31.9 Å². The second-order valence-electron chi connectivity index (χ2n) is 3.40. The van der Waals surface area contributed by atoms with Crippen LogP contribution in [-0.4, -0.2) is 0 Å². The van der Waals surface area contributed by atoms with Gasteiger partial charge in [0.15, 0.2) is 0 Å². The number of halogens is 2. The van der Waals surface area contributed by atoms with Crippen molar-refractivity contribution in [2.45, 2.75) is 0 Å². The number of anilines is 2. The van der Waals surface area contributed by atoms with Gasteiger partial charge in [0.25, 0.3) is 0 Å². The molecule has 0 amide bonds. The molecule has 16 heavy (non-hydrogen) atoms. The second-order valence-corrected chi connectivity index (χ2v) is 5.11. The molecule has 0 aliphatic heterocycles. The van der Waals surface area contributed by atoms with Gasteiger partial charge >= 0.3 is 0 Å². The van der Waals surface area contributed by atoms with Crippen LogP contribution < -0.4 is 11.5 Å². The van der Waals surface area contributed by atoms with E-state index in [-0.39, 0.29) is 0 Å². The maximum Gasteiger partial charge on any atom is 0.0538 e. The Balaban J connectivity index is 2.68. The minimum atomic E-state index is 0.701. The van der Waals surface area contributed by atoms with Gasteiger partial charge in [0.05, 0.1) is 11.4 Å². The van der Waals surface area contributed by atoms with Crippen LogP contribution in [0, 0.1) is 0 Å². The first-order valence-corrected chi connectivity index (χ1v) is 6.28. The molecule has 0 spiro atoms. The highest BCUT2D eigenvalue weighted by molar-refractivity contribution is 9.11. The molecule has 0 unspecified atom stereocenters. The summed E-state index contributed by atoms with van der Waals surface area (Å²) in [6.07, 6.45) is 0. The molecule has 0 fully saturated rings. The third kappa shape index (κ3) is 1.95. The Labute approximate surface area is 111 Å². The molecule has 2 rings (SSSR count).